The number of amides is 2. The summed E-state index contributed by atoms with van der Waals surface area (Å²) in [5, 5.41) is 6.07. The topological polar surface area (TPSA) is 95.8 Å². The van der Waals surface area contributed by atoms with E-state index in [1.165, 1.54) is 15.4 Å². The number of nitrogens with zero attached hydrogens (tertiary/aromatic N) is 3. The smallest absolute Gasteiger partial charge is 0.270 e. The van der Waals surface area contributed by atoms with Gasteiger partial charge in [-0.1, -0.05) is 35.9 Å². The Bertz CT molecular complexity index is 1630. The van der Waals surface area contributed by atoms with Crippen molar-refractivity contribution >= 4 is 69.7 Å². The molecule has 1 fully saturated rings. The minimum absolute atomic E-state index is 0.0457. The highest BCUT2D eigenvalue weighted by Gasteiger charge is 2.35. The largest absolute Gasteiger partial charge is 0.339 e. The van der Waals surface area contributed by atoms with Crippen molar-refractivity contribution in [3.8, 4) is 0 Å². The zero-order chi connectivity index (χ0) is 25.4. The van der Waals surface area contributed by atoms with Crippen LogP contribution in [0.15, 0.2) is 83.3 Å². The van der Waals surface area contributed by atoms with Gasteiger partial charge in [0.2, 0.25) is 0 Å². The molecule has 1 aliphatic heterocycles. The molecule has 0 aliphatic carbocycles. The number of aromatic nitrogens is 2. The lowest BCUT2D eigenvalue weighted by Gasteiger charge is -2.29. The fraction of sp³-hybridized carbons (Fsp3) is 0.0385. The van der Waals surface area contributed by atoms with Crippen LogP contribution in [-0.2, 0) is 9.59 Å². The van der Waals surface area contributed by atoms with Crippen LogP contribution >= 0.6 is 23.8 Å². The molecule has 2 aromatic carbocycles. The molecule has 178 valence electrons. The molecule has 3 heterocycles. The summed E-state index contributed by atoms with van der Waals surface area (Å²) in [6, 6.07) is 19.2. The van der Waals surface area contributed by atoms with Crippen molar-refractivity contribution in [3.05, 3.63) is 105 Å². The maximum atomic E-state index is 13.6. The number of rotatable bonds is 4. The van der Waals surface area contributed by atoms with Gasteiger partial charge in [0.25, 0.3) is 17.4 Å². The highest BCUT2D eigenvalue weighted by molar-refractivity contribution is 7.80. The first-order valence-corrected chi connectivity index (χ1v) is 11.6. The number of para-hydroxylation sites is 1. The number of benzene rings is 2. The third-order valence-electron chi connectivity index (χ3n) is 5.52. The minimum atomic E-state index is -0.713. The highest BCUT2D eigenvalue weighted by Crippen LogP contribution is 2.25. The summed E-state index contributed by atoms with van der Waals surface area (Å²) in [5.41, 5.74) is 1.71. The van der Waals surface area contributed by atoms with Crippen LogP contribution in [0.4, 0.5) is 17.2 Å². The Hall–Kier alpha value is -4.34. The number of fused-ring (bicyclic) bond motifs is 1. The molecule has 4 aromatic rings. The Balaban J connectivity index is 1.68. The number of hydrogen-bond acceptors (Lipinski definition) is 6. The monoisotopic (exact) mass is 515 g/mol. The maximum absolute atomic E-state index is 13.6. The summed E-state index contributed by atoms with van der Waals surface area (Å²) < 4.78 is 1.38. The summed E-state index contributed by atoms with van der Waals surface area (Å²) in [4.78, 5) is 45.7. The van der Waals surface area contributed by atoms with Crippen LogP contribution in [0, 0.1) is 6.92 Å². The van der Waals surface area contributed by atoms with Crippen LogP contribution in [-0.4, -0.2) is 26.3 Å². The first kappa shape index (κ1) is 23.4. The molecule has 0 saturated carbocycles. The molecule has 0 spiro atoms. The molecular formula is C26H18ClN5O3S. The fourth-order valence-corrected chi connectivity index (χ4v) is 4.18. The molecule has 2 amide bonds. The molecule has 5 rings (SSSR count). The maximum Gasteiger partial charge on any atom is 0.270 e. The van der Waals surface area contributed by atoms with Crippen LogP contribution in [0.1, 0.15) is 11.1 Å². The van der Waals surface area contributed by atoms with Gasteiger partial charge >= 0.3 is 0 Å². The predicted octanol–water partition coefficient (Wildman–Crippen LogP) is 4.23. The standard InChI is InChI=1S/C26H18ClN5O3S/c1-15-7-12-21-29-22(28-17-5-3-2-4-6-17)19(24(34)31(21)14-15)13-20-23(33)30-26(36)32(25(20)35)18-10-8-16(27)9-11-18/h2-14,28H,1H3,(H,30,33,36)/b20-13-. The summed E-state index contributed by atoms with van der Waals surface area (Å²) in [6.07, 6.45) is 2.90. The van der Waals surface area contributed by atoms with E-state index in [2.05, 4.69) is 15.6 Å². The Kier molecular flexibility index (Phi) is 6.09. The Morgan fingerprint density at radius 1 is 1.00 bits per heavy atom. The number of thiocarbonyl (C=S) groups is 1. The third-order valence-corrected chi connectivity index (χ3v) is 6.05. The quantitative estimate of drug-likeness (QED) is 0.240. The average Bonchev–Trinajstić information content (AvgIpc) is 2.85. The normalized spacial score (nSPS) is 14.9. The molecule has 0 bridgehead atoms. The number of halogens is 1. The predicted molar refractivity (Wildman–Crippen MR) is 144 cm³/mol. The average molecular weight is 516 g/mol. The molecule has 1 aliphatic rings. The van der Waals surface area contributed by atoms with Crippen LogP contribution in [0.2, 0.25) is 5.02 Å². The molecule has 0 radical (unpaired) electrons. The Morgan fingerprint density at radius 3 is 2.44 bits per heavy atom. The van der Waals surface area contributed by atoms with Crippen molar-refractivity contribution in [2.24, 2.45) is 0 Å². The molecule has 0 atom stereocenters. The zero-order valence-corrected chi connectivity index (χ0v) is 20.4. The van der Waals surface area contributed by atoms with Gasteiger partial charge in [0.05, 0.1) is 11.3 Å². The minimum Gasteiger partial charge on any atom is -0.339 e. The van der Waals surface area contributed by atoms with Crippen LogP contribution in [0.25, 0.3) is 11.7 Å². The molecule has 36 heavy (non-hydrogen) atoms. The second-order valence-corrected chi connectivity index (χ2v) is 8.86. The number of carbonyl (C=O) groups is 2. The lowest BCUT2D eigenvalue weighted by molar-refractivity contribution is -0.122. The lowest BCUT2D eigenvalue weighted by Crippen LogP contribution is -2.54. The van der Waals surface area contributed by atoms with Gasteiger partial charge in [-0.25, -0.2) is 4.98 Å². The van der Waals surface area contributed by atoms with Crippen LogP contribution in [0.3, 0.4) is 0 Å². The van der Waals surface area contributed by atoms with Gasteiger partial charge in [-0.05, 0) is 73.2 Å². The lowest BCUT2D eigenvalue weighted by atomic mass is 10.1. The summed E-state index contributed by atoms with van der Waals surface area (Å²) in [5.74, 6) is -1.19. The van der Waals surface area contributed by atoms with E-state index in [1.807, 2.05) is 43.3 Å². The van der Waals surface area contributed by atoms with Crippen molar-refractivity contribution in [1.29, 1.82) is 0 Å². The molecule has 1 saturated heterocycles. The second-order valence-electron chi connectivity index (χ2n) is 8.04. The molecule has 2 N–H and O–H groups in total. The van der Waals surface area contributed by atoms with Gasteiger partial charge in [-0.2, -0.15) is 0 Å². The SMILES string of the molecule is Cc1ccc2nc(Nc3ccccc3)c(/C=C3/C(=O)NC(=S)N(c4ccc(Cl)cc4)C3=O)c(=O)n2c1. The number of aryl methyl sites for hydroxylation is 1. The highest BCUT2D eigenvalue weighted by atomic mass is 35.5. The van der Waals surface area contributed by atoms with Gasteiger partial charge in [0, 0.05) is 16.9 Å². The third kappa shape index (κ3) is 4.37. The number of carbonyl (C=O) groups excluding carboxylic acids is 2. The summed E-state index contributed by atoms with van der Waals surface area (Å²) in [7, 11) is 0. The number of hydrogen-bond donors (Lipinski definition) is 2. The summed E-state index contributed by atoms with van der Waals surface area (Å²) >= 11 is 11.2. The van der Waals surface area contributed by atoms with E-state index in [0.29, 0.717) is 22.0 Å². The zero-order valence-electron chi connectivity index (χ0n) is 18.9. The number of pyridine rings is 1. The van der Waals surface area contributed by atoms with E-state index < -0.39 is 17.4 Å². The van der Waals surface area contributed by atoms with E-state index in [-0.39, 0.29) is 22.1 Å². The molecular weight excluding hydrogens is 498 g/mol. The van der Waals surface area contributed by atoms with E-state index in [9.17, 15) is 14.4 Å². The molecule has 0 unspecified atom stereocenters. The van der Waals surface area contributed by atoms with Gasteiger partial charge in [0.1, 0.15) is 17.0 Å². The number of nitrogens with one attached hydrogen (secondary N) is 2. The van der Waals surface area contributed by atoms with E-state index in [0.717, 1.165) is 5.56 Å². The first-order valence-electron chi connectivity index (χ1n) is 10.8. The van der Waals surface area contributed by atoms with Gasteiger partial charge in [-0.15, -0.1) is 0 Å². The van der Waals surface area contributed by atoms with Crippen molar-refractivity contribution in [2.45, 2.75) is 6.92 Å². The van der Waals surface area contributed by atoms with Crippen LogP contribution in [0.5, 0.6) is 0 Å². The molecule has 2 aromatic heterocycles. The van der Waals surface area contributed by atoms with Gasteiger partial charge in [-0.3, -0.25) is 29.0 Å². The van der Waals surface area contributed by atoms with Crippen molar-refractivity contribution < 1.29 is 9.59 Å². The van der Waals surface area contributed by atoms with Crippen molar-refractivity contribution in [3.63, 3.8) is 0 Å². The first-order chi connectivity index (χ1) is 17.3. The fourth-order valence-electron chi connectivity index (χ4n) is 3.77. The van der Waals surface area contributed by atoms with E-state index in [4.69, 9.17) is 23.8 Å². The molecule has 10 heteroatoms. The van der Waals surface area contributed by atoms with Crippen LogP contribution < -0.4 is 21.1 Å². The summed E-state index contributed by atoms with van der Waals surface area (Å²) in [6.45, 7) is 1.85. The van der Waals surface area contributed by atoms with Crippen molar-refractivity contribution in [1.82, 2.24) is 14.7 Å². The van der Waals surface area contributed by atoms with Gasteiger partial charge in [0.15, 0.2) is 5.11 Å². The second kappa shape index (κ2) is 9.37. The molecule has 8 nitrogen and oxygen atoms in total. The Morgan fingerprint density at radius 2 is 1.72 bits per heavy atom. The van der Waals surface area contributed by atoms with E-state index >= 15 is 0 Å². The van der Waals surface area contributed by atoms with Gasteiger partial charge < -0.3 is 5.32 Å². The van der Waals surface area contributed by atoms with Crippen molar-refractivity contribution in [2.75, 3.05) is 10.2 Å². The van der Waals surface area contributed by atoms with E-state index in [1.54, 1.807) is 36.5 Å². The number of anilines is 3. The Labute approximate surface area is 215 Å².